The van der Waals surface area contributed by atoms with Gasteiger partial charge in [0, 0.05) is 26.1 Å². The van der Waals surface area contributed by atoms with Gasteiger partial charge in [-0.1, -0.05) is 12.2 Å². The van der Waals surface area contributed by atoms with E-state index in [-0.39, 0.29) is 25.0 Å². The molecule has 2 aliphatic rings. The van der Waals surface area contributed by atoms with E-state index in [0.29, 0.717) is 13.0 Å². The van der Waals surface area contributed by atoms with E-state index in [4.69, 9.17) is 4.74 Å². The van der Waals surface area contributed by atoms with E-state index in [9.17, 15) is 14.7 Å². The minimum absolute atomic E-state index is 0.0251. The molecule has 5 heteroatoms. The van der Waals surface area contributed by atoms with Crippen molar-refractivity contribution in [2.75, 3.05) is 26.8 Å². The Hall–Kier alpha value is -1.36. The van der Waals surface area contributed by atoms with Gasteiger partial charge < -0.3 is 14.7 Å². The van der Waals surface area contributed by atoms with Gasteiger partial charge in [-0.25, -0.2) is 0 Å². The molecule has 5 nitrogen and oxygen atoms in total. The molecule has 2 atom stereocenters. The van der Waals surface area contributed by atoms with Gasteiger partial charge in [0.25, 0.3) is 0 Å². The van der Waals surface area contributed by atoms with Crippen molar-refractivity contribution in [1.82, 2.24) is 4.90 Å². The minimum atomic E-state index is -0.922. The Balaban J connectivity index is 2.02. The van der Waals surface area contributed by atoms with Crippen molar-refractivity contribution in [3.63, 3.8) is 0 Å². The van der Waals surface area contributed by atoms with Crippen LogP contribution in [0.15, 0.2) is 12.2 Å². The van der Waals surface area contributed by atoms with Crippen LogP contribution >= 0.6 is 0 Å². The average molecular weight is 267 g/mol. The third-order valence-corrected chi connectivity index (χ3v) is 4.16. The first kappa shape index (κ1) is 14.1. The van der Waals surface area contributed by atoms with Crippen molar-refractivity contribution in [3.05, 3.63) is 12.2 Å². The number of aliphatic carboxylic acids is 1. The molecule has 106 valence electrons. The molecule has 0 aromatic heterocycles. The van der Waals surface area contributed by atoms with E-state index in [1.807, 2.05) is 6.08 Å². The highest BCUT2D eigenvalue weighted by molar-refractivity contribution is 5.82. The highest BCUT2D eigenvalue weighted by Crippen LogP contribution is 2.33. The Bertz CT molecular complexity index is 393. The number of rotatable bonds is 4. The average Bonchev–Trinajstić information content (AvgIpc) is 2.85. The Labute approximate surface area is 113 Å². The number of nitrogens with zero attached hydrogens (tertiary/aromatic N) is 1. The van der Waals surface area contributed by atoms with Crippen molar-refractivity contribution < 1.29 is 19.4 Å². The SMILES string of the molecule is COCC1(C(=O)O)CCN(C(=O)C2CC=CCC2)C1. The van der Waals surface area contributed by atoms with Crippen LogP contribution in [0.5, 0.6) is 0 Å². The van der Waals surface area contributed by atoms with Crippen molar-refractivity contribution in [2.45, 2.75) is 25.7 Å². The summed E-state index contributed by atoms with van der Waals surface area (Å²) in [5.41, 5.74) is -0.922. The van der Waals surface area contributed by atoms with Crippen molar-refractivity contribution >= 4 is 11.9 Å². The maximum Gasteiger partial charge on any atom is 0.313 e. The molecule has 1 heterocycles. The first-order valence-electron chi connectivity index (χ1n) is 6.75. The summed E-state index contributed by atoms with van der Waals surface area (Å²) in [7, 11) is 1.50. The molecule has 1 amide bonds. The standard InChI is InChI=1S/C14H21NO4/c1-19-10-14(13(17)18)7-8-15(9-14)12(16)11-5-3-2-4-6-11/h2-3,11H,4-10H2,1H3,(H,17,18). The van der Waals surface area contributed by atoms with Crippen LogP contribution in [-0.4, -0.2) is 48.7 Å². The van der Waals surface area contributed by atoms with Gasteiger partial charge in [-0.2, -0.15) is 0 Å². The Morgan fingerprint density at radius 1 is 1.47 bits per heavy atom. The summed E-state index contributed by atoms with van der Waals surface area (Å²) in [5.74, 6) is -0.742. The van der Waals surface area contributed by atoms with Gasteiger partial charge in [-0.15, -0.1) is 0 Å². The van der Waals surface area contributed by atoms with Gasteiger partial charge in [0.1, 0.15) is 5.41 Å². The summed E-state index contributed by atoms with van der Waals surface area (Å²) in [6.45, 7) is 0.959. The number of hydrogen-bond acceptors (Lipinski definition) is 3. The van der Waals surface area contributed by atoms with Crippen LogP contribution in [0.25, 0.3) is 0 Å². The lowest BCUT2D eigenvalue weighted by Crippen LogP contribution is -2.41. The van der Waals surface area contributed by atoms with Crippen molar-refractivity contribution in [2.24, 2.45) is 11.3 Å². The second-order valence-electron chi connectivity index (χ2n) is 5.51. The van der Waals surface area contributed by atoms with Crippen LogP contribution in [0.4, 0.5) is 0 Å². The summed E-state index contributed by atoms with van der Waals surface area (Å²) >= 11 is 0. The molecule has 0 saturated carbocycles. The topological polar surface area (TPSA) is 66.8 Å². The fourth-order valence-corrected chi connectivity index (χ4v) is 2.97. The van der Waals surface area contributed by atoms with Gasteiger partial charge in [0.05, 0.1) is 6.61 Å². The molecule has 0 bridgehead atoms. The van der Waals surface area contributed by atoms with Gasteiger partial charge in [-0.3, -0.25) is 9.59 Å². The van der Waals surface area contributed by atoms with E-state index >= 15 is 0 Å². The Morgan fingerprint density at radius 2 is 2.26 bits per heavy atom. The second-order valence-corrected chi connectivity index (χ2v) is 5.51. The molecule has 1 fully saturated rings. The molecule has 1 saturated heterocycles. The number of carboxylic acids is 1. The Morgan fingerprint density at radius 3 is 2.84 bits per heavy atom. The minimum Gasteiger partial charge on any atom is -0.481 e. The molecule has 0 spiro atoms. The van der Waals surface area contributed by atoms with E-state index in [1.165, 1.54) is 7.11 Å². The zero-order chi connectivity index (χ0) is 13.9. The first-order valence-corrected chi connectivity index (χ1v) is 6.75. The van der Waals surface area contributed by atoms with Crippen LogP contribution in [0.1, 0.15) is 25.7 Å². The predicted molar refractivity (Wildman–Crippen MR) is 69.6 cm³/mol. The summed E-state index contributed by atoms with van der Waals surface area (Å²) in [4.78, 5) is 25.5. The zero-order valence-electron chi connectivity index (χ0n) is 11.3. The molecular formula is C14H21NO4. The quantitative estimate of drug-likeness (QED) is 0.779. The molecular weight excluding hydrogens is 246 g/mol. The Kier molecular flexibility index (Phi) is 4.24. The number of ether oxygens (including phenoxy) is 1. The highest BCUT2D eigenvalue weighted by atomic mass is 16.5. The van der Waals surface area contributed by atoms with Gasteiger partial charge in [0.15, 0.2) is 0 Å². The number of hydrogen-bond donors (Lipinski definition) is 1. The monoisotopic (exact) mass is 267 g/mol. The number of carbonyl (C=O) groups excluding carboxylic acids is 1. The number of methoxy groups -OCH3 is 1. The molecule has 0 aromatic carbocycles. The second kappa shape index (κ2) is 5.74. The van der Waals surface area contributed by atoms with Crippen LogP contribution in [-0.2, 0) is 14.3 Å². The lowest BCUT2D eigenvalue weighted by molar-refractivity contribution is -0.151. The molecule has 0 aromatic rings. The molecule has 2 rings (SSSR count). The van der Waals surface area contributed by atoms with Crippen LogP contribution in [0, 0.1) is 11.3 Å². The molecule has 1 N–H and O–H groups in total. The summed E-state index contributed by atoms with van der Waals surface area (Å²) in [5, 5.41) is 9.38. The summed E-state index contributed by atoms with van der Waals surface area (Å²) in [6, 6.07) is 0. The van der Waals surface area contributed by atoms with Gasteiger partial charge in [0.2, 0.25) is 5.91 Å². The predicted octanol–water partition coefficient (Wildman–Crippen LogP) is 1.29. The van der Waals surface area contributed by atoms with Gasteiger partial charge >= 0.3 is 5.97 Å². The largest absolute Gasteiger partial charge is 0.481 e. The number of carbonyl (C=O) groups is 2. The fraction of sp³-hybridized carbons (Fsp3) is 0.714. The molecule has 19 heavy (non-hydrogen) atoms. The first-order chi connectivity index (χ1) is 9.09. The molecule has 1 aliphatic heterocycles. The highest BCUT2D eigenvalue weighted by Gasteiger charge is 2.47. The van der Waals surface area contributed by atoms with Crippen LogP contribution in [0.3, 0.4) is 0 Å². The lowest BCUT2D eigenvalue weighted by atomic mass is 9.88. The molecule has 2 unspecified atom stereocenters. The van der Waals surface area contributed by atoms with E-state index < -0.39 is 11.4 Å². The van der Waals surface area contributed by atoms with E-state index in [0.717, 1.165) is 19.3 Å². The molecule has 0 radical (unpaired) electrons. The smallest absolute Gasteiger partial charge is 0.313 e. The van der Waals surface area contributed by atoms with Crippen LogP contribution < -0.4 is 0 Å². The fourth-order valence-electron chi connectivity index (χ4n) is 2.97. The summed E-state index contributed by atoms with van der Waals surface area (Å²) in [6.07, 6.45) is 7.20. The third-order valence-electron chi connectivity index (χ3n) is 4.16. The van der Waals surface area contributed by atoms with Gasteiger partial charge in [-0.05, 0) is 25.7 Å². The number of allylic oxidation sites excluding steroid dienone is 2. The van der Waals surface area contributed by atoms with Crippen LogP contribution in [0.2, 0.25) is 0 Å². The maximum absolute atomic E-state index is 12.4. The van der Waals surface area contributed by atoms with Crippen molar-refractivity contribution in [3.8, 4) is 0 Å². The maximum atomic E-state index is 12.4. The third kappa shape index (κ3) is 2.81. The van der Waals surface area contributed by atoms with E-state index in [2.05, 4.69) is 6.08 Å². The molecule has 1 aliphatic carbocycles. The van der Waals surface area contributed by atoms with E-state index in [1.54, 1.807) is 4.90 Å². The van der Waals surface area contributed by atoms with Crippen molar-refractivity contribution in [1.29, 1.82) is 0 Å². The lowest BCUT2D eigenvalue weighted by Gasteiger charge is -2.27. The number of amides is 1. The summed E-state index contributed by atoms with van der Waals surface area (Å²) < 4.78 is 5.03. The number of carboxylic acid groups (broad SMARTS) is 1. The number of likely N-dealkylation sites (tertiary alicyclic amines) is 1. The zero-order valence-corrected chi connectivity index (χ0v) is 11.3. The normalized spacial score (nSPS) is 30.6.